The highest BCUT2D eigenvalue weighted by molar-refractivity contribution is 14.1. The minimum absolute atomic E-state index is 0.310. The predicted molar refractivity (Wildman–Crippen MR) is 123 cm³/mol. The molecule has 2 amide bonds. The van der Waals surface area contributed by atoms with Gasteiger partial charge >= 0.3 is 0 Å². The average molecular weight is 548 g/mol. The first-order valence-corrected chi connectivity index (χ1v) is 10.2. The monoisotopic (exact) mass is 547 g/mol. The number of para-hydroxylation sites is 1. The molecule has 2 N–H and O–H groups in total. The van der Waals surface area contributed by atoms with Crippen LogP contribution in [-0.4, -0.2) is 18.0 Å². The molecule has 0 bridgehead atoms. The van der Waals surface area contributed by atoms with Crippen LogP contribution in [0, 0.1) is 3.57 Å². The first-order chi connectivity index (χ1) is 13.5. The molecule has 0 aliphatic rings. The highest BCUT2D eigenvalue weighted by Crippen LogP contribution is 2.20. The number of carbonyl (C=O) groups excluding carboxylic acids is 2. The van der Waals surface area contributed by atoms with Crippen molar-refractivity contribution >= 4 is 62.2 Å². The van der Waals surface area contributed by atoms with Crippen molar-refractivity contribution in [1.82, 2.24) is 5.43 Å². The van der Waals surface area contributed by atoms with E-state index in [-0.39, 0.29) is 5.91 Å². The van der Waals surface area contributed by atoms with Gasteiger partial charge in [-0.1, -0.05) is 36.4 Å². The zero-order valence-electron chi connectivity index (χ0n) is 14.5. The van der Waals surface area contributed by atoms with Crippen molar-refractivity contribution in [3.8, 4) is 0 Å². The Hall–Kier alpha value is -2.52. The van der Waals surface area contributed by atoms with Gasteiger partial charge in [0.15, 0.2) is 0 Å². The van der Waals surface area contributed by atoms with Gasteiger partial charge in [-0.2, -0.15) is 5.10 Å². The van der Waals surface area contributed by atoms with Crippen molar-refractivity contribution in [3.05, 3.63) is 97.5 Å². The number of amides is 2. The lowest BCUT2D eigenvalue weighted by Crippen LogP contribution is -2.21. The Morgan fingerprint density at radius 2 is 1.50 bits per heavy atom. The molecule has 0 fully saturated rings. The van der Waals surface area contributed by atoms with E-state index < -0.39 is 5.91 Å². The van der Waals surface area contributed by atoms with Crippen molar-refractivity contribution < 1.29 is 9.59 Å². The molecule has 5 nitrogen and oxygen atoms in total. The molecule has 0 saturated carbocycles. The molecule has 0 heterocycles. The Kier molecular flexibility index (Phi) is 6.94. The minimum Gasteiger partial charge on any atom is -0.321 e. The number of nitrogens with one attached hydrogen (secondary N) is 2. The SMILES string of the molecule is O=C(Nc1ccccc1C(=O)N/N=C/c1ccc(I)cc1)c1ccccc1Br. The minimum atomic E-state index is -0.412. The van der Waals surface area contributed by atoms with E-state index in [2.05, 4.69) is 54.4 Å². The van der Waals surface area contributed by atoms with Crippen molar-refractivity contribution in [3.63, 3.8) is 0 Å². The third-order valence-corrected chi connectivity index (χ3v) is 5.20. The largest absolute Gasteiger partial charge is 0.321 e. The fourth-order valence-electron chi connectivity index (χ4n) is 2.40. The molecule has 3 aromatic carbocycles. The van der Waals surface area contributed by atoms with Crippen LogP contribution in [0.25, 0.3) is 0 Å². The summed E-state index contributed by atoms with van der Waals surface area (Å²) in [7, 11) is 0. The quantitative estimate of drug-likeness (QED) is 0.266. The van der Waals surface area contributed by atoms with E-state index in [0.29, 0.717) is 21.3 Å². The van der Waals surface area contributed by atoms with Crippen LogP contribution in [0.5, 0.6) is 0 Å². The highest BCUT2D eigenvalue weighted by Gasteiger charge is 2.15. The number of hydrogen-bond acceptors (Lipinski definition) is 3. The average Bonchev–Trinajstić information content (AvgIpc) is 2.70. The molecule has 0 aromatic heterocycles. The Balaban J connectivity index is 1.72. The summed E-state index contributed by atoms with van der Waals surface area (Å²) in [4.78, 5) is 25.0. The van der Waals surface area contributed by atoms with Gasteiger partial charge in [0.25, 0.3) is 11.8 Å². The molecule has 28 heavy (non-hydrogen) atoms. The summed E-state index contributed by atoms with van der Waals surface area (Å²) in [6.07, 6.45) is 1.57. The van der Waals surface area contributed by atoms with Crippen LogP contribution in [0.15, 0.2) is 82.4 Å². The van der Waals surface area contributed by atoms with E-state index >= 15 is 0 Å². The van der Waals surface area contributed by atoms with Crippen molar-refractivity contribution in [2.75, 3.05) is 5.32 Å². The Bertz CT molecular complexity index is 1040. The maximum absolute atomic E-state index is 12.5. The van der Waals surface area contributed by atoms with Gasteiger partial charge in [0, 0.05) is 8.04 Å². The lowest BCUT2D eigenvalue weighted by Gasteiger charge is -2.10. The molecular weight excluding hydrogens is 533 g/mol. The summed E-state index contributed by atoms with van der Waals surface area (Å²) in [5, 5.41) is 6.77. The summed E-state index contributed by atoms with van der Waals surface area (Å²) in [5.41, 5.74) is 4.58. The van der Waals surface area contributed by atoms with Crippen LogP contribution in [0.1, 0.15) is 26.3 Å². The van der Waals surface area contributed by atoms with Gasteiger partial charge in [0.2, 0.25) is 0 Å². The smallest absolute Gasteiger partial charge is 0.273 e. The molecule has 0 radical (unpaired) electrons. The summed E-state index contributed by atoms with van der Waals surface area (Å²) in [6.45, 7) is 0. The van der Waals surface area contributed by atoms with E-state index in [1.54, 1.807) is 48.7 Å². The maximum atomic E-state index is 12.5. The lowest BCUT2D eigenvalue weighted by molar-refractivity contribution is 0.0956. The Morgan fingerprint density at radius 1 is 0.857 bits per heavy atom. The molecule has 7 heteroatoms. The van der Waals surface area contributed by atoms with E-state index in [4.69, 9.17) is 0 Å². The van der Waals surface area contributed by atoms with Gasteiger partial charge in [0.05, 0.1) is 23.0 Å². The van der Waals surface area contributed by atoms with Gasteiger partial charge in [-0.15, -0.1) is 0 Å². The number of anilines is 1. The van der Waals surface area contributed by atoms with Gasteiger partial charge < -0.3 is 5.32 Å². The normalized spacial score (nSPS) is 10.6. The number of halogens is 2. The zero-order chi connectivity index (χ0) is 19.9. The summed E-state index contributed by atoms with van der Waals surface area (Å²) in [6, 6.07) is 21.6. The number of benzene rings is 3. The van der Waals surface area contributed by atoms with Gasteiger partial charge in [-0.3, -0.25) is 9.59 Å². The molecule has 0 unspecified atom stereocenters. The number of hydrogen-bond donors (Lipinski definition) is 2. The summed E-state index contributed by atoms with van der Waals surface area (Å²) in [5.74, 6) is -0.722. The van der Waals surface area contributed by atoms with E-state index in [1.165, 1.54) is 0 Å². The fraction of sp³-hybridized carbons (Fsp3) is 0. The first kappa shape index (κ1) is 20.2. The van der Waals surface area contributed by atoms with Crippen LogP contribution < -0.4 is 10.7 Å². The van der Waals surface area contributed by atoms with Crippen LogP contribution in [0.3, 0.4) is 0 Å². The molecule has 3 aromatic rings. The number of carbonyl (C=O) groups is 2. The second kappa shape index (κ2) is 9.61. The van der Waals surface area contributed by atoms with Gasteiger partial charge in [0.1, 0.15) is 0 Å². The molecule has 0 aliphatic carbocycles. The lowest BCUT2D eigenvalue weighted by atomic mass is 10.1. The highest BCUT2D eigenvalue weighted by atomic mass is 127. The van der Waals surface area contributed by atoms with Crippen molar-refractivity contribution in [2.24, 2.45) is 5.10 Å². The van der Waals surface area contributed by atoms with Crippen molar-refractivity contribution in [2.45, 2.75) is 0 Å². The molecule has 140 valence electrons. The standard InChI is InChI=1S/C21H15BrIN3O2/c22-18-7-3-1-5-16(18)20(27)25-19-8-4-2-6-17(19)21(28)26-24-13-14-9-11-15(23)12-10-14/h1-13H,(H,25,27)(H,26,28)/b24-13+. The second-order valence-corrected chi connectivity index (χ2v) is 7.83. The third-order valence-electron chi connectivity index (χ3n) is 3.79. The molecule has 0 aliphatic heterocycles. The molecule has 0 atom stereocenters. The maximum Gasteiger partial charge on any atom is 0.273 e. The molecule has 3 rings (SSSR count). The molecule has 0 spiro atoms. The third kappa shape index (κ3) is 5.26. The van der Waals surface area contributed by atoms with Crippen molar-refractivity contribution in [1.29, 1.82) is 0 Å². The number of nitrogens with zero attached hydrogens (tertiary/aromatic N) is 1. The van der Waals surface area contributed by atoms with Crippen LogP contribution >= 0.6 is 38.5 Å². The number of hydrazone groups is 1. The van der Waals surface area contributed by atoms with E-state index in [0.717, 1.165) is 9.13 Å². The van der Waals surface area contributed by atoms with Crippen LogP contribution in [-0.2, 0) is 0 Å². The van der Waals surface area contributed by atoms with Gasteiger partial charge in [-0.05, 0) is 80.5 Å². The summed E-state index contributed by atoms with van der Waals surface area (Å²) >= 11 is 5.58. The Labute approximate surface area is 184 Å². The van der Waals surface area contributed by atoms with Gasteiger partial charge in [-0.25, -0.2) is 5.43 Å². The topological polar surface area (TPSA) is 70.6 Å². The second-order valence-electron chi connectivity index (χ2n) is 5.73. The molecule has 0 saturated heterocycles. The summed E-state index contributed by atoms with van der Waals surface area (Å²) < 4.78 is 1.80. The van der Waals surface area contributed by atoms with Crippen LogP contribution in [0.2, 0.25) is 0 Å². The van der Waals surface area contributed by atoms with Crippen LogP contribution in [0.4, 0.5) is 5.69 Å². The predicted octanol–water partition coefficient (Wildman–Crippen LogP) is 5.07. The first-order valence-electron chi connectivity index (χ1n) is 8.28. The molecular formula is C21H15BrIN3O2. The zero-order valence-corrected chi connectivity index (χ0v) is 18.3. The number of rotatable bonds is 5. The Morgan fingerprint density at radius 3 is 2.21 bits per heavy atom. The van der Waals surface area contributed by atoms with E-state index in [1.807, 2.05) is 30.3 Å². The fourth-order valence-corrected chi connectivity index (χ4v) is 3.22. The van der Waals surface area contributed by atoms with E-state index in [9.17, 15) is 9.59 Å².